The lowest BCUT2D eigenvalue weighted by molar-refractivity contribution is -0.137. The van der Waals surface area contributed by atoms with E-state index in [0.29, 0.717) is 18.4 Å². The summed E-state index contributed by atoms with van der Waals surface area (Å²) in [4.78, 5) is 26.5. The first-order valence-electron chi connectivity index (χ1n) is 8.59. The first kappa shape index (κ1) is 19.5. The van der Waals surface area contributed by atoms with Gasteiger partial charge in [0.05, 0.1) is 5.56 Å². The minimum Gasteiger partial charge on any atom is -0.339 e. The van der Waals surface area contributed by atoms with Crippen LogP contribution in [0.1, 0.15) is 56.0 Å². The molecule has 1 fully saturated rings. The zero-order valence-electron chi connectivity index (χ0n) is 14.8. The van der Waals surface area contributed by atoms with E-state index in [-0.39, 0.29) is 30.4 Å². The number of alkyl halides is 3. The van der Waals surface area contributed by atoms with Crippen LogP contribution in [0.25, 0.3) is 0 Å². The smallest absolute Gasteiger partial charge is 0.339 e. The number of carbonyl (C=O) groups is 2. The van der Waals surface area contributed by atoms with Crippen LogP contribution in [0, 0.1) is 11.8 Å². The number of Topliss-reactive ketones (excluding diaryl/α,β-unsaturated/α-hetero) is 1. The van der Waals surface area contributed by atoms with E-state index < -0.39 is 17.5 Å². The summed E-state index contributed by atoms with van der Waals surface area (Å²) in [6.07, 6.45) is -3.58. The Balaban J connectivity index is 1.99. The molecule has 0 spiro atoms. The van der Waals surface area contributed by atoms with E-state index in [1.165, 1.54) is 12.1 Å². The van der Waals surface area contributed by atoms with Crippen LogP contribution in [0.2, 0.25) is 0 Å². The zero-order valence-corrected chi connectivity index (χ0v) is 14.8. The van der Waals surface area contributed by atoms with Gasteiger partial charge < -0.3 is 4.90 Å². The second-order valence-electron chi connectivity index (χ2n) is 7.20. The van der Waals surface area contributed by atoms with Gasteiger partial charge in [0, 0.05) is 31.0 Å². The highest BCUT2D eigenvalue weighted by atomic mass is 19.4. The topological polar surface area (TPSA) is 37.4 Å². The molecule has 0 saturated carbocycles. The summed E-state index contributed by atoms with van der Waals surface area (Å²) in [5, 5.41) is 0. The molecule has 6 heteroatoms. The lowest BCUT2D eigenvalue weighted by Crippen LogP contribution is -2.38. The molecule has 1 aliphatic rings. The molecule has 1 aromatic rings. The number of carbonyl (C=O) groups excluding carboxylic acids is 2. The Bertz CT molecular complexity index is 640. The fourth-order valence-corrected chi connectivity index (χ4v) is 3.38. The van der Waals surface area contributed by atoms with Crippen LogP contribution in [-0.4, -0.2) is 29.2 Å². The SMILES string of the molecule is CC(C)[C@@H]1C[C@@H](C)CN1C(=O)CCC(=O)c1cccc(C(F)(F)F)c1. The average molecular weight is 355 g/mol. The van der Waals surface area contributed by atoms with Crippen LogP contribution < -0.4 is 0 Å². The Labute approximate surface area is 146 Å². The Kier molecular flexibility index (Phi) is 5.91. The van der Waals surface area contributed by atoms with Crippen molar-refractivity contribution < 1.29 is 22.8 Å². The van der Waals surface area contributed by atoms with E-state index in [4.69, 9.17) is 0 Å². The molecule has 1 heterocycles. The molecule has 1 amide bonds. The number of ketones is 1. The number of nitrogens with zero attached hydrogens (tertiary/aromatic N) is 1. The molecule has 2 rings (SSSR count). The lowest BCUT2D eigenvalue weighted by atomic mass is 9.98. The van der Waals surface area contributed by atoms with Gasteiger partial charge in [0.1, 0.15) is 0 Å². The second kappa shape index (κ2) is 7.58. The first-order valence-corrected chi connectivity index (χ1v) is 8.59. The Morgan fingerprint density at radius 2 is 1.92 bits per heavy atom. The van der Waals surface area contributed by atoms with E-state index in [1.54, 1.807) is 0 Å². The quantitative estimate of drug-likeness (QED) is 0.726. The van der Waals surface area contributed by atoms with Crippen molar-refractivity contribution in [1.82, 2.24) is 4.90 Å². The second-order valence-corrected chi connectivity index (χ2v) is 7.20. The Hall–Kier alpha value is -1.85. The monoisotopic (exact) mass is 355 g/mol. The summed E-state index contributed by atoms with van der Waals surface area (Å²) in [5.74, 6) is 0.236. The normalized spacial score (nSPS) is 21.0. The average Bonchev–Trinajstić information content (AvgIpc) is 2.94. The summed E-state index contributed by atoms with van der Waals surface area (Å²) >= 11 is 0. The van der Waals surface area contributed by atoms with Gasteiger partial charge >= 0.3 is 6.18 Å². The predicted molar refractivity (Wildman–Crippen MR) is 89.1 cm³/mol. The molecule has 2 atom stereocenters. The summed E-state index contributed by atoms with van der Waals surface area (Å²) < 4.78 is 38.2. The molecule has 0 N–H and O–H groups in total. The lowest BCUT2D eigenvalue weighted by Gasteiger charge is -2.27. The largest absolute Gasteiger partial charge is 0.416 e. The first-order chi connectivity index (χ1) is 11.6. The number of amides is 1. The number of rotatable bonds is 5. The van der Waals surface area contributed by atoms with Crippen molar-refractivity contribution in [2.24, 2.45) is 11.8 Å². The number of hydrogen-bond acceptors (Lipinski definition) is 2. The van der Waals surface area contributed by atoms with E-state index in [0.717, 1.165) is 18.6 Å². The molecular formula is C19H24F3NO2. The molecule has 0 unspecified atom stereocenters. The van der Waals surface area contributed by atoms with Crippen molar-refractivity contribution in [3.8, 4) is 0 Å². The van der Waals surface area contributed by atoms with E-state index >= 15 is 0 Å². The summed E-state index contributed by atoms with van der Waals surface area (Å²) in [6, 6.07) is 4.53. The number of benzene rings is 1. The molecule has 1 saturated heterocycles. The van der Waals surface area contributed by atoms with Crippen molar-refractivity contribution in [2.75, 3.05) is 6.54 Å². The van der Waals surface area contributed by atoms with Gasteiger partial charge in [0.2, 0.25) is 5.91 Å². The van der Waals surface area contributed by atoms with Gasteiger partial charge in [-0.05, 0) is 30.4 Å². The van der Waals surface area contributed by atoms with Crippen LogP contribution in [0.5, 0.6) is 0 Å². The van der Waals surface area contributed by atoms with Gasteiger partial charge in [-0.2, -0.15) is 13.2 Å². The summed E-state index contributed by atoms with van der Waals surface area (Å²) in [5.41, 5.74) is -0.851. The maximum Gasteiger partial charge on any atom is 0.416 e. The highest BCUT2D eigenvalue weighted by Crippen LogP contribution is 2.30. The highest BCUT2D eigenvalue weighted by Gasteiger charge is 2.35. The highest BCUT2D eigenvalue weighted by molar-refractivity contribution is 5.98. The number of halogens is 3. The van der Waals surface area contributed by atoms with E-state index in [2.05, 4.69) is 20.8 Å². The van der Waals surface area contributed by atoms with Crippen molar-refractivity contribution in [3.05, 3.63) is 35.4 Å². The summed E-state index contributed by atoms with van der Waals surface area (Å²) in [6.45, 7) is 6.91. The molecule has 138 valence electrons. The Morgan fingerprint density at radius 1 is 1.24 bits per heavy atom. The van der Waals surface area contributed by atoms with Crippen molar-refractivity contribution in [1.29, 1.82) is 0 Å². The van der Waals surface area contributed by atoms with Crippen molar-refractivity contribution >= 4 is 11.7 Å². The third-order valence-corrected chi connectivity index (χ3v) is 4.72. The molecule has 1 aromatic carbocycles. The molecule has 0 aromatic heterocycles. The van der Waals surface area contributed by atoms with Crippen LogP contribution >= 0.6 is 0 Å². The molecule has 1 aliphatic heterocycles. The number of likely N-dealkylation sites (tertiary alicyclic amines) is 1. The van der Waals surface area contributed by atoms with Crippen molar-refractivity contribution in [2.45, 2.75) is 52.3 Å². The van der Waals surface area contributed by atoms with Gasteiger partial charge in [-0.1, -0.05) is 32.9 Å². The summed E-state index contributed by atoms with van der Waals surface area (Å²) in [7, 11) is 0. The minimum atomic E-state index is -4.48. The maximum atomic E-state index is 12.7. The molecular weight excluding hydrogens is 331 g/mol. The molecule has 0 bridgehead atoms. The van der Waals surface area contributed by atoms with Gasteiger partial charge in [-0.25, -0.2) is 0 Å². The van der Waals surface area contributed by atoms with E-state index in [1.807, 2.05) is 4.90 Å². The van der Waals surface area contributed by atoms with E-state index in [9.17, 15) is 22.8 Å². The van der Waals surface area contributed by atoms with Crippen LogP contribution in [-0.2, 0) is 11.0 Å². The van der Waals surface area contributed by atoms with Crippen LogP contribution in [0.3, 0.4) is 0 Å². The van der Waals surface area contributed by atoms with Gasteiger partial charge in [0.15, 0.2) is 5.78 Å². The number of hydrogen-bond donors (Lipinski definition) is 0. The van der Waals surface area contributed by atoms with Crippen LogP contribution in [0.4, 0.5) is 13.2 Å². The molecule has 0 aliphatic carbocycles. The third kappa shape index (κ3) is 4.83. The van der Waals surface area contributed by atoms with Gasteiger partial charge in [0.25, 0.3) is 0 Å². The standard InChI is InChI=1S/C19H24F3NO2/c1-12(2)16-9-13(3)11-23(16)18(25)8-7-17(24)14-5-4-6-15(10-14)19(20,21)22/h4-6,10,12-13,16H,7-9,11H2,1-3H3/t13-,16+/m1/s1. The minimum absolute atomic E-state index is 0.00201. The Morgan fingerprint density at radius 3 is 2.52 bits per heavy atom. The van der Waals surface area contributed by atoms with Gasteiger partial charge in [-0.15, -0.1) is 0 Å². The third-order valence-electron chi connectivity index (χ3n) is 4.72. The predicted octanol–water partition coefficient (Wildman–Crippen LogP) is 4.56. The fourth-order valence-electron chi connectivity index (χ4n) is 3.38. The maximum absolute atomic E-state index is 12.7. The van der Waals surface area contributed by atoms with Crippen molar-refractivity contribution in [3.63, 3.8) is 0 Å². The van der Waals surface area contributed by atoms with Crippen LogP contribution in [0.15, 0.2) is 24.3 Å². The molecule has 3 nitrogen and oxygen atoms in total. The zero-order chi connectivity index (χ0) is 18.8. The molecule has 0 radical (unpaired) electrons. The molecule has 25 heavy (non-hydrogen) atoms. The van der Waals surface area contributed by atoms with Gasteiger partial charge in [-0.3, -0.25) is 9.59 Å². The fraction of sp³-hybridized carbons (Fsp3) is 0.579.